The first-order chi connectivity index (χ1) is 14.0. The fourth-order valence-corrected chi connectivity index (χ4v) is 5.42. The van der Waals surface area contributed by atoms with Gasteiger partial charge in [0.1, 0.15) is 4.90 Å². The van der Waals surface area contributed by atoms with E-state index in [1.165, 1.54) is 29.0 Å². The van der Waals surface area contributed by atoms with Crippen LogP contribution < -0.4 is 10.2 Å². The number of aromatic nitrogens is 1. The van der Waals surface area contributed by atoms with Crippen molar-refractivity contribution in [1.82, 2.24) is 9.29 Å². The number of sulfonamides is 1. The number of nitrogens with zero attached hydrogens (tertiary/aromatic N) is 3. The van der Waals surface area contributed by atoms with Crippen molar-refractivity contribution in [2.45, 2.75) is 30.6 Å². The van der Waals surface area contributed by atoms with Gasteiger partial charge in [0.2, 0.25) is 15.9 Å². The lowest BCUT2D eigenvalue weighted by atomic mass is 9.97. The molecule has 0 spiro atoms. The molecule has 0 aliphatic carbocycles. The van der Waals surface area contributed by atoms with Crippen molar-refractivity contribution in [2.75, 3.05) is 36.4 Å². The second-order valence-electron chi connectivity index (χ2n) is 7.60. The number of carbonyl (C=O) groups excluding carboxylic acids is 1. The highest BCUT2D eigenvalue weighted by Crippen LogP contribution is 2.26. The van der Waals surface area contributed by atoms with Gasteiger partial charge in [0.25, 0.3) is 0 Å². The molecule has 4 rings (SSSR count). The largest absolute Gasteiger partial charge is 0.372 e. The summed E-state index contributed by atoms with van der Waals surface area (Å²) in [6, 6.07) is 11.1. The monoisotopic (exact) mass is 414 g/mol. The van der Waals surface area contributed by atoms with E-state index in [4.69, 9.17) is 0 Å². The van der Waals surface area contributed by atoms with Crippen LogP contribution in [-0.2, 0) is 14.8 Å². The van der Waals surface area contributed by atoms with Crippen LogP contribution in [0.2, 0.25) is 0 Å². The first kappa shape index (κ1) is 19.8. The molecule has 0 atom stereocenters. The van der Waals surface area contributed by atoms with Crippen molar-refractivity contribution in [3.8, 4) is 0 Å². The molecule has 1 amide bonds. The molecule has 3 heterocycles. The number of carbonyl (C=O) groups is 1. The maximum Gasteiger partial charge on any atom is 0.244 e. The molecule has 7 nitrogen and oxygen atoms in total. The third-order valence-corrected chi connectivity index (χ3v) is 7.59. The van der Waals surface area contributed by atoms with Crippen molar-refractivity contribution in [3.63, 3.8) is 0 Å². The summed E-state index contributed by atoms with van der Waals surface area (Å²) < 4.78 is 26.8. The third-order valence-electron chi connectivity index (χ3n) is 5.70. The van der Waals surface area contributed by atoms with Crippen LogP contribution in [0.1, 0.15) is 25.7 Å². The van der Waals surface area contributed by atoms with E-state index in [1.54, 1.807) is 18.3 Å². The second kappa shape index (κ2) is 8.51. The molecule has 0 radical (unpaired) electrons. The van der Waals surface area contributed by atoms with Crippen molar-refractivity contribution in [3.05, 3.63) is 48.8 Å². The van der Waals surface area contributed by atoms with Crippen molar-refractivity contribution in [1.29, 1.82) is 0 Å². The minimum Gasteiger partial charge on any atom is -0.372 e. The summed E-state index contributed by atoms with van der Waals surface area (Å²) in [5.41, 5.74) is 1.97. The Hall–Kier alpha value is -2.45. The Morgan fingerprint density at radius 2 is 1.69 bits per heavy atom. The topological polar surface area (TPSA) is 82.6 Å². The third kappa shape index (κ3) is 4.43. The summed E-state index contributed by atoms with van der Waals surface area (Å²) in [5, 5.41) is 2.98. The highest BCUT2D eigenvalue weighted by atomic mass is 32.2. The lowest BCUT2D eigenvalue weighted by Crippen LogP contribution is -2.41. The van der Waals surface area contributed by atoms with E-state index in [9.17, 15) is 13.2 Å². The quantitative estimate of drug-likeness (QED) is 0.813. The molecule has 0 saturated carbocycles. The minimum atomic E-state index is -3.55. The van der Waals surface area contributed by atoms with Crippen LogP contribution in [0.4, 0.5) is 11.4 Å². The number of benzene rings is 1. The predicted molar refractivity (Wildman–Crippen MR) is 112 cm³/mol. The van der Waals surface area contributed by atoms with Gasteiger partial charge in [-0.3, -0.25) is 9.78 Å². The fourth-order valence-electron chi connectivity index (χ4n) is 3.98. The SMILES string of the molecule is O=C(Nc1ccc(N2CCCC2)cc1)C1CCN(S(=O)(=O)c2cccnc2)CC1. The maximum atomic E-state index is 12.7. The molecular formula is C21H26N4O3S. The molecule has 29 heavy (non-hydrogen) atoms. The van der Waals surface area contributed by atoms with Gasteiger partial charge in [-0.2, -0.15) is 4.31 Å². The smallest absolute Gasteiger partial charge is 0.244 e. The van der Waals surface area contributed by atoms with Crippen molar-refractivity contribution < 1.29 is 13.2 Å². The summed E-state index contributed by atoms with van der Waals surface area (Å²) in [4.78, 5) is 19.1. The molecule has 2 aliphatic rings. The van der Waals surface area contributed by atoms with Gasteiger partial charge in [-0.15, -0.1) is 0 Å². The van der Waals surface area contributed by atoms with Gasteiger partial charge < -0.3 is 10.2 Å². The van der Waals surface area contributed by atoms with E-state index in [0.717, 1.165) is 18.8 Å². The lowest BCUT2D eigenvalue weighted by Gasteiger charge is -2.30. The van der Waals surface area contributed by atoms with E-state index in [-0.39, 0.29) is 16.7 Å². The highest BCUT2D eigenvalue weighted by Gasteiger charge is 2.32. The molecule has 0 bridgehead atoms. The van der Waals surface area contributed by atoms with Gasteiger partial charge in [0.15, 0.2) is 0 Å². The van der Waals surface area contributed by atoms with Crippen LogP contribution in [0.15, 0.2) is 53.7 Å². The van der Waals surface area contributed by atoms with E-state index in [2.05, 4.69) is 15.2 Å². The maximum absolute atomic E-state index is 12.7. The molecule has 1 aromatic heterocycles. The number of rotatable bonds is 5. The Morgan fingerprint density at radius 1 is 1.00 bits per heavy atom. The van der Waals surface area contributed by atoms with Gasteiger partial charge in [0, 0.05) is 55.9 Å². The van der Waals surface area contributed by atoms with Gasteiger partial charge >= 0.3 is 0 Å². The molecule has 1 aromatic carbocycles. The number of hydrogen-bond acceptors (Lipinski definition) is 5. The normalized spacial score (nSPS) is 18.7. The number of hydrogen-bond donors (Lipinski definition) is 1. The molecular weight excluding hydrogens is 388 g/mol. The number of pyridine rings is 1. The molecule has 2 fully saturated rings. The summed E-state index contributed by atoms with van der Waals surface area (Å²) in [6.07, 6.45) is 6.39. The molecule has 154 valence electrons. The summed E-state index contributed by atoms with van der Waals surface area (Å²) in [6.45, 7) is 2.85. The summed E-state index contributed by atoms with van der Waals surface area (Å²) in [7, 11) is -3.55. The van der Waals surface area contributed by atoms with Crippen LogP contribution in [0.25, 0.3) is 0 Å². The van der Waals surface area contributed by atoms with E-state index >= 15 is 0 Å². The molecule has 0 unspecified atom stereocenters. The first-order valence-electron chi connectivity index (χ1n) is 10.1. The molecule has 2 aliphatic heterocycles. The Kier molecular flexibility index (Phi) is 5.82. The lowest BCUT2D eigenvalue weighted by molar-refractivity contribution is -0.120. The predicted octanol–water partition coefficient (Wildman–Crippen LogP) is 2.72. The molecule has 1 N–H and O–H groups in total. The van der Waals surface area contributed by atoms with Crippen LogP contribution in [0.5, 0.6) is 0 Å². The van der Waals surface area contributed by atoms with E-state index < -0.39 is 10.0 Å². The Balaban J connectivity index is 1.32. The highest BCUT2D eigenvalue weighted by molar-refractivity contribution is 7.89. The summed E-state index contributed by atoms with van der Waals surface area (Å²) >= 11 is 0. The summed E-state index contributed by atoms with van der Waals surface area (Å²) in [5.74, 6) is -0.231. The molecule has 2 saturated heterocycles. The zero-order valence-corrected chi connectivity index (χ0v) is 17.1. The Morgan fingerprint density at radius 3 is 2.31 bits per heavy atom. The zero-order chi connectivity index (χ0) is 20.3. The van der Waals surface area contributed by atoms with Crippen LogP contribution >= 0.6 is 0 Å². The number of anilines is 2. The van der Waals surface area contributed by atoms with Crippen molar-refractivity contribution >= 4 is 27.3 Å². The van der Waals surface area contributed by atoms with E-state index in [0.29, 0.717) is 25.9 Å². The van der Waals surface area contributed by atoms with Crippen LogP contribution in [-0.4, -0.2) is 49.8 Å². The molecule has 8 heteroatoms. The second-order valence-corrected chi connectivity index (χ2v) is 9.54. The van der Waals surface area contributed by atoms with Crippen LogP contribution in [0, 0.1) is 5.92 Å². The zero-order valence-electron chi connectivity index (χ0n) is 16.3. The average Bonchev–Trinajstić information content (AvgIpc) is 3.30. The Bertz CT molecular complexity index is 934. The minimum absolute atomic E-state index is 0.0441. The fraction of sp³-hybridized carbons (Fsp3) is 0.429. The van der Waals surface area contributed by atoms with E-state index in [1.807, 2.05) is 24.3 Å². The van der Waals surface area contributed by atoms with Gasteiger partial charge in [-0.1, -0.05) is 0 Å². The number of nitrogens with one attached hydrogen (secondary N) is 1. The van der Waals surface area contributed by atoms with Crippen molar-refractivity contribution in [2.24, 2.45) is 5.92 Å². The van der Waals surface area contributed by atoms with Crippen LogP contribution in [0.3, 0.4) is 0 Å². The van der Waals surface area contributed by atoms with Gasteiger partial charge in [0.05, 0.1) is 0 Å². The number of amides is 1. The number of piperidine rings is 1. The molecule has 2 aromatic rings. The van der Waals surface area contributed by atoms with Gasteiger partial charge in [-0.05, 0) is 62.1 Å². The standard InChI is InChI=1S/C21H26N4O3S/c26-21(23-18-5-7-19(8-6-18)24-12-1-2-13-24)17-9-14-25(15-10-17)29(27,28)20-4-3-11-22-16-20/h3-8,11,16-17H,1-2,9-10,12-15H2,(H,23,26). The first-order valence-corrected chi connectivity index (χ1v) is 11.5. The Labute approximate surface area is 171 Å². The van der Waals surface area contributed by atoms with Gasteiger partial charge in [-0.25, -0.2) is 8.42 Å². The average molecular weight is 415 g/mol.